The lowest BCUT2D eigenvalue weighted by Crippen LogP contribution is -2.35. The second-order valence-corrected chi connectivity index (χ2v) is 3.45. The molecule has 0 aliphatic rings. The summed E-state index contributed by atoms with van der Waals surface area (Å²) in [6, 6.07) is 0. The highest BCUT2D eigenvalue weighted by Crippen LogP contribution is 2.32. The Balaban J connectivity index is 5.16. The number of aliphatic hydroxyl groups excluding tert-OH is 3. The van der Waals surface area contributed by atoms with Crippen molar-refractivity contribution in [2.45, 2.75) is 19.8 Å². The Morgan fingerprint density at radius 3 is 2.07 bits per heavy atom. The molecule has 0 bridgehead atoms. The lowest BCUT2D eigenvalue weighted by molar-refractivity contribution is -0.135. The zero-order valence-corrected chi connectivity index (χ0v) is 8.81. The first kappa shape index (κ1) is 14.1. The summed E-state index contributed by atoms with van der Waals surface area (Å²) < 4.78 is 0. The Kier molecular flexibility index (Phi) is 6.15. The molecule has 0 aliphatic carbocycles. The highest BCUT2D eigenvalue weighted by molar-refractivity contribution is 5.88. The summed E-state index contributed by atoms with van der Waals surface area (Å²) in [5.41, 5.74) is -1.29. The van der Waals surface area contributed by atoms with Crippen molar-refractivity contribution in [2.75, 3.05) is 19.8 Å². The van der Waals surface area contributed by atoms with E-state index in [9.17, 15) is 15.0 Å². The van der Waals surface area contributed by atoms with E-state index >= 15 is 0 Å². The van der Waals surface area contributed by atoms with Crippen LogP contribution >= 0.6 is 0 Å². The molecule has 0 saturated carbocycles. The van der Waals surface area contributed by atoms with Crippen LogP contribution in [0.5, 0.6) is 0 Å². The molecule has 5 heteroatoms. The molecule has 0 saturated heterocycles. The van der Waals surface area contributed by atoms with Gasteiger partial charge >= 0.3 is 5.97 Å². The van der Waals surface area contributed by atoms with Crippen molar-refractivity contribution >= 4 is 5.97 Å². The molecule has 0 spiro atoms. The van der Waals surface area contributed by atoms with Crippen molar-refractivity contribution in [3.63, 3.8) is 0 Å². The van der Waals surface area contributed by atoms with Gasteiger partial charge in [-0.05, 0) is 12.5 Å². The van der Waals surface area contributed by atoms with E-state index in [1.165, 1.54) is 0 Å². The molecular weight excluding hydrogens is 200 g/mol. The van der Waals surface area contributed by atoms with E-state index in [0.717, 1.165) is 6.08 Å². The predicted molar refractivity (Wildman–Crippen MR) is 54.3 cm³/mol. The standard InChI is InChI=1S/C10H18O5/c1-2-4-10(6-12,7-13)8(3-5-11)9(14)15/h3,11-13H,2,4-7H2,1H3,(H,14,15). The highest BCUT2D eigenvalue weighted by Gasteiger charge is 2.36. The van der Waals surface area contributed by atoms with Gasteiger partial charge in [-0.1, -0.05) is 13.3 Å². The van der Waals surface area contributed by atoms with Crippen LogP contribution in [0.4, 0.5) is 0 Å². The van der Waals surface area contributed by atoms with E-state index < -0.39 is 31.2 Å². The van der Waals surface area contributed by atoms with Gasteiger partial charge in [0, 0.05) is 11.0 Å². The summed E-state index contributed by atoms with van der Waals surface area (Å²) in [6.07, 6.45) is 2.11. The van der Waals surface area contributed by atoms with Gasteiger partial charge < -0.3 is 20.4 Å². The molecule has 0 aromatic rings. The van der Waals surface area contributed by atoms with Crippen molar-refractivity contribution in [3.05, 3.63) is 11.6 Å². The van der Waals surface area contributed by atoms with Gasteiger partial charge in [-0.3, -0.25) is 0 Å². The molecule has 0 fully saturated rings. The number of hydrogen-bond acceptors (Lipinski definition) is 4. The molecule has 0 rings (SSSR count). The number of aliphatic hydroxyl groups is 3. The van der Waals surface area contributed by atoms with Crippen LogP contribution in [-0.4, -0.2) is 46.2 Å². The lowest BCUT2D eigenvalue weighted by atomic mass is 9.77. The summed E-state index contributed by atoms with van der Waals surface area (Å²) in [6.45, 7) is 0.510. The summed E-state index contributed by atoms with van der Waals surface area (Å²) in [7, 11) is 0. The van der Waals surface area contributed by atoms with Gasteiger partial charge in [0.05, 0.1) is 19.8 Å². The van der Waals surface area contributed by atoms with Crippen molar-refractivity contribution in [1.29, 1.82) is 0 Å². The van der Waals surface area contributed by atoms with Crippen LogP contribution in [0, 0.1) is 5.41 Å². The first-order chi connectivity index (χ1) is 7.07. The molecule has 0 unspecified atom stereocenters. The Morgan fingerprint density at radius 1 is 1.27 bits per heavy atom. The third-order valence-electron chi connectivity index (χ3n) is 2.43. The summed E-state index contributed by atoms with van der Waals surface area (Å²) >= 11 is 0. The van der Waals surface area contributed by atoms with Gasteiger partial charge in [0.1, 0.15) is 0 Å². The van der Waals surface area contributed by atoms with Gasteiger partial charge in [0.2, 0.25) is 0 Å². The van der Waals surface area contributed by atoms with Crippen molar-refractivity contribution in [3.8, 4) is 0 Å². The SMILES string of the molecule is CCCC(CO)(CO)C(=CCO)C(=O)O. The van der Waals surface area contributed by atoms with Crippen LogP contribution in [0.3, 0.4) is 0 Å². The largest absolute Gasteiger partial charge is 0.478 e. The molecule has 5 nitrogen and oxygen atoms in total. The summed E-state index contributed by atoms with van der Waals surface area (Å²) in [5, 5.41) is 36.0. The fourth-order valence-electron chi connectivity index (χ4n) is 1.61. The molecule has 88 valence electrons. The average Bonchev–Trinajstić information content (AvgIpc) is 2.23. The number of carbonyl (C=O) groups is 1. The third kappa shape index (κ3) is 3.30. The van der Waals surface area contributed by atoms with E-state index in [-0.39, 0.29) is 5.57 Å². The Bertz CT molecular complexity index is 230. The number of hydrogen-bond donors (Lipinski definition) is 4. The summed E-state index contributed by atoms with van der Waals surface area (Å²) in [4.78, 5) is 10.9. The van der Waals surface area contributed by atoms with E-state index in [1.54, 1.807) is 0 Å². The first-order valence-electron chi connectivity index (χ1n) is 4.84. The maximum absolute atomic E-state index is 10.9. The molecule has 0 aromatic heterocycles. The van der Waals surface area contributed by atoms with Crippen LogP contribution in [0.1, 0.15) is 19.8 Å². The highest BCUT2D eigenvalue weighted by atomic mass is 16.4. The Morgan fingerprint density at radius 2 is 1.80 bits per heavy atom. The lowest BCUT2D eigenvalue weighted by Gasteiger charge is -2.30. The molecule has 15 heavy (non-hydrogen) atoms. The zero-order valence-electron chi connectivity index (χ0n) is 8.81. The molecule has 0 amide bonds. The van der Waals surface area contributed by atoms with E-state index in [4.69, 9.17) is 10.2 Å². The third-order valence-corrected chi connectivity index (χ3v) is 2.43. The normalized spacial score (nSPS) is 12.9. The molecule has 0 atom stereocenters. The van der Waals surface area contributed by atoms with Crippen LogP contribution in [0.15, 0.2) is 11.6 Å². The molecule has 0 aromatic carbocycles. The minimum Gasteiger partial charge on any atom is -0.478 e. The van der Waals surface area contributed by atoms with Gasteiger partial charge in [-0.2, -0.15) is 0 Å². The van der Waals surface area contributed by atoms with Crippen molar-refractivity contribution in [1.82, 2.24) is 0 Å². The van der Waals surface area contributed by atoms with Crippen LogP contribution in [0.25, 0.3) is 0 Å². The molecule has 0 radical (unpaired) electrons. The smallest absolute Gasteiger partial charge is 0.332 e. The number of rotatable bonds is 7. The van der Waals surface area contributed by atoms with Crippen LogP contribution in [-0.2, 0) is 4.79 Å². The topological polar surface area (TPSA) is 98.0 Å². The fourth-order valence-corrected chi connectivity index (χ4v) is 1.61. The quantitative estimate of drug-likeness (QED) is 0.442. The first-order valence-corrected chi connectivity index (χ1v) is 4.84. The zero-order chi connectivity index (χ0) is 11.9. The molecular formula is C10H18O5. The number of carboxylic acid groups (broad SMARTS) is 1. The van der Waals surface area contributed by atoms with Crippen LogP contribution in [0.2, 0.25) is 0 Å². The maximum Gasteiger partial charge on any atom is 0.332 e. The van der Waals surface area contributed by atoms with E-state index in [1.807, 2.05) is 6.92 Å². The van der Waals surface area contributed by atoms with Gasteiger partial charge in [0.25, 0.3) is 0 Å². The fraction of sp³-hybridized carbons (Fsp3) is 0.700. The Labute approximate surface area is 88.7 Å². The van der Waals surface area contributed by atoms with Gasteiger partial charge in [0.15, 0.2) is 0 Å². The minimum absolute atomic E-state index is 0.128. The monoisotopic (exact) mass is 218 g/mol. The average molecular weight is 218 g/mol. The molecule has 0 heterocycles. The van der Waals surface area contributed by atoms with Gasteiger partial charge in [-0.15, -0.1) is 0 Å². The molecule has 4 N–H and O–H groups in total. The molecule has 0 aliphatic heterocycles. The van der Waals surface area contributed by atoms with E-state index in [0.29, 0.717) is 12.8 Å². The summed E-state index contributed by atoms with van der Waals surface area (Å²) in [5.74, 6) is -1.22. The van der Waals surface area contributed by atoms with Gasteiger partial charge in [-0.25, -0.2) is 4.79 Å². The maximum atomic E-state index is 10.9. The Hall–Kier alpha value is -0.910. The number of aliphatic carboxylic acids is 1. The van der Waals surface area contributed by atoms with Crippen LogP contribution < -0.4 is 0 Å². The second kappa shape index (κ2) is 6.55. The van der Waals surface area contributed by atoms with Crippen molar-refractivity contribution in [2.24, 2.45) is 5.41 Å². The van der Waals surface area contributed by atoms with E-state index in [2.05, 4.69) is 0 Å². The predicted octanol–water partition coefficient (Wildman–Crippen LogP) is -0.239. The van der Waals surface area contributed by atoms with Crippen molar-refractivity contribution < 1.29 is 25.2 Å². The minimum atomic E-state index is -1.22. The second-order valence-electron chi connectivity index (χ2n) is 3.45. The number of carboxylic acids is 1.